The molecule has 4 nitrogen and oxygen atoms in total. The Morgan fingerprint density at radius 3 is 2.26 bits per heavy atom. The third-order valence-electron chi connectivity index (χ3n) is 3.26. The highest BCUT2D eigenvalue weighted by Crippen LogP contribution is 2.22. The smallest absolute Gasteiger partial charge is 0.164 e. The van der Waals surface area contributed by atoms with E-state index in [-0.39, 0.29) is 5.41 Å². The summed E-state index contributed by atoms with van der Waals surface area (Å²) >= 11 is 0. The summed E-state index contributed by atoms with van der Waals surface area (Å²) in [6, 6.07) is 8.71. The van der Waals surface area contributed by atoms with Gasteiger partial charge in [0.2, 0.25) is 0 Å². The van der Waals surface area contributed by atoms with Crippen molar-refractivity contribution in [3.05, 3.63) is 47.0 Å². The van der Waals surface area contributed by atoms with Crippen molar-refractivity contribution in [1.82, 2.24) is 14.8 Å². The van der Waals surface area contributed by atoms with Crippen LogP contribution in [0.5, 0.6) is 0 Å². The van der Waals surface area contributed by atoms with Gasteiger partial charge in [-0.3, -0.25) is 4.68 Å². The highest BCUT2D eigenvalue weighted by molar-refractivity contribution is 5.29. The summed E-state index contributed by atoms with van der Waals surface area (Å²) in [5.41, 5.74) is 8.33. The van der Waals surface area contributed by atoms with E-state index in [1.807, 2.05) is 7.05 Å². The molecule has 1 heterocycles. The molecule has 2 aromatic rings. The molecule has 102 valence electrons. The lowest BCUT2D eigenvalue weighted by Crippen LogP contribution is -2.10. The van der Waals surface area contributed by atoms with Crippen molar-refractivity contribution in [2.75, 3.05) is 0 Å². The van der Waals surface area contributed by atoms with Crippen LogP contribution in [0.2, 0.25) is 0 Å². The van der Waals surface area contributed by atoms with Crippen LogP contribution >= 0.6 is 0 Å². The molecule has 1 aromatic carbocycles. The van der Waals surface area contributed by atoms with E-state index in [1.165, 1.54) is 11.1 Å². The Hall–Kier alpha value is -1.68. The van der Waals surface area contributed by atoms with Gasteiger partial charge in [-0.05, 0) is 16.5 Å². The van der Waals surface area contributed by atoms with E-state index in [0.717, 1.165) is 12.2 Å². The van der Waals surface area contributed by atoms with Gasteiger partial charge >= 0.3 is 0 Å². The summed E-state index contributed by atoms with van der Waals surface area (Å²) in [7, 11) is 1.91. The molecule has 0 fully saturated rings. The maximum atomic E-state index is 5.55. The second-order valence-electron chi connectivity index (χ2n) is 5.90. The van der Waals surface area contributed by atoms with E-state index >= 15 is 0 Å². The fourth-order valence-electron chi connectivity index (χ4n) is 2.02. The molecular weight excluding hydrogens is 236 g/mol. The molecule has 2 rings (SSSR count). The molecule has 0 unspecified atom stereocenters. The Labute approximate surface area is 114 Å². The van der Waals surface area contributed by atoms with Gasteiger partial charge in [0, 0.05) is 13.5 Å². The molecule has 0 spiro atoms. The SMILES string of the molecule is Cn1nc(CN)nc1Cc1ccc(C(C)(C)C)cc1. The average molecular weight is 258 g/mol. The minimum atomic E-state index is 0.191. The van der Waals surface area contributed by atoms with Crippen molar-refractivity contribution in [3.8, 4) is 0 Å². The summed E-state index contributed by atoms with van der Waals surface area (Å²) in [4.78, 5) is 4.42. The first-order valence-electron chi connectivity index (χ1n) is 6.58. The Kier molecular flexibility index (Phi) is 3.71. The molecular formula is C15H22N4. The van der Waals surface area contributed by atoms with Gasteiger partial charge in [-0.25, -0.2) is 4.98 Å². The zero-order valence-corrected chi connectivity index (χ0v) is 12.1. The van der Waals surface area contributed by atoms with E-state index in [2.05, 4.69) is 55.1 Å². The van der Waals surface area contributed by atoms with Crippen molar-refractivity contribution in [2.24, 2.45) is 12.8 Å². The molecule has 19 heavy (non-hydrogen) atoms. The van der Waals surface area contributed by atoms with Crippen molar-refractivity contribution >= 4 is 0 Å². The van der Waals surface area contributed by atoms with Gasteiger partial charge in [0.1, 0.15) is 5.82 Å². The molecule has 1 aromatic heterocycles. The normalized spacial score (nSPS) is 11.8. The standard InChI is InChI=1S/C15H22N4/c1-15(2,3)12-7-5-11(6-8-12)9-14-17-13(10-16)18-19(14)4/h5-8H,9-10,16H2,1-4H3. The van der Waals surface area contributed by atoms with Gasteiger partial charge in [-0.1, -0.05) is 45.0 Å². The predicted octanol–water partition coefficient (Wildman–Crippen LogP) is 2.16. The van der Waals surface area contributed by atoms with Crippen LogP contribution in [0.1, 0.15) is 43.5 Å². The summed E-state index contributed by atoms with van der Waals surface area (Å²) in [5.74, 6) is 1.65. The lowest BCUT2D eigenvalue weighted by atomic mass is 9.86. The van der Waals surface area contributed by atoms with Gasteiger partial charge < -0.3 is 5.73 Å². The van der Waals surface area contributed by atoms with E-state index in [4.69, 9.17) is 5.73 Å². The topological polar surface area (TPSA) is 56.7 Å². The van der Waals surface area contributed by atoms with Crippen LogP contribution in [0.3, 0.4) is 0 Å². The van der Waals surface area contributed by atoms with Crippen molar-refractivity contribution < 1.29 is 0 Å². The largest absolute Gasteiger partial charge is 0.324 e. The van der Waals surface area contributed by atoms with Crippen LogP contribution < -0.4 is 5.73 Å². The maximum absolute atomic E-state index is 5.55. The third kappa shape index (κ3) is 3.20. The molecule has 0 aliphatic rings. The first kappa shape index (κ1) is 13.7. The van der Waals surface area contributed by atoms with Gasteiger partial charge in [0.05, 0.1) is 6.54 Å². The Morgan fingerprint density at radius 2 is 1.79 bits per heavy atom. The van der Waals surface area contributed by atoms with Crippen LogP contribution in [0, 0.1) is 0 Å². The van der Waals surface area contributed by atoms with Crippen LogP contribution in [0.25, 0.3) is 0 Å². The second-order valence-corrected chi connectivity index (χ2v) is 5.90. The Bertz CT molecular complexity index is 547. The Balaban J connectivity index is 2.17. The number of hydrogen-bond acceptors (Lipinski definition) is 3. The zero-order chi connectivity index (χ0) is 14.0. The molecule has 0 saturated heterocycles. The number of aryl methyl sites for hydroxylation is 1. The minimum Gasteiger partial charge on any atom is -0.324 e. The summed E-state index contributed by atoms with van der Waals surface area (Å²) in [5, 5.41) is 4.26. The first-order chi connectivity index (χ1) is 8.90. The van der Waals surface area contributed by atoms with Gasteiger partial charge in [0.25, 0.3) is 0 Å². The van der Waals surface area contributed by atoms with E-state index in [0.29, 0.717) is 12.4 Å². The first-order valence-corrected chi connectivity index (χ1v) is 6.58. The molecule has 0 aliphatic heterocycles. The van der Waals surface area contributed by atoms with Gasteiger partial charge in [-0.2, -0.15) is 5.10 Å². The second kappa shape index (κ2) is 5.13. The molecule has 4 heteroatoms. The quantitative estimate of drug-likeness (QED) is 0.918. The van der Waals surface area contributed by atoms with Gasteiger partial charge in [-0.15, -0.1) is 0 Å². The van der Waals surface area contributed by atoms with E-state index in [9.17, 15) is 0 Å². The molecule has 2 N–H and O–H groups in total. The molecule has 0 amide bonds. The van der Waals surface area contributed by atoms with Crippen molar-refractivity contribution in [2.45, 2.75) is 39.2 Å². The number of rotatable bonds is 3. The fraction of sp³-hybridized carbons (Fsp3) is 0.467. The number of aromatic nitrogens is 3. The number of benzene rings is 1. The third-order valence-corrected chi connectivity index (χ3v) is 3.26. The van der Waals surface area contributed by atoms with Crippen LogP contribution in [0.4, 0.5) is 0 Å². The Morgan fingerprint density at radius 1 is 1.16 bits per heavy atom. The van der Waals surface area contributed by atoms with E-state index in [1.54, 1.807) is 4.68 Å². The molecule has 0 atom stereocenters. The van der Waals surface area contributed by atoms with Crippen LogP contribution in [0.15, 0.2) is 24.3 Å². The average Bonchev–Trinajstić information content (AvgIpc) is 2.70. The highest BCUT2D eigenvalue weighted by Gasteiger charge is 2.13. The van der Waals surface area contributed by atoms with Crippen LogP contribution in [-0.4, -0.2) is 14.8 Å². The lowest BCUT2D eigenvalue weighted by molar-refractivity contribution is 0.590. The number of nitrogens with zero attached hydrogens (tertiary/aromatic N) is 3. The number of hydrogen-bond donors (Lipinski definition) is 1. The van der Waals surface area contributed by atoms with Crippen molar-refractivity contribution in [3.63, 3.8) is 0 Å². The summed E-state index contributed by atoms with van der Waals surface area (Å²) in [6.07, 6.45) is 0.786. The number of nitrogens with two attached hydrogens (primary N) is 1. The summed E-state index contributed by atoms with van der Waals surface area (Å²) < 4.78 is 1.81. The molecule has 0 aliphatic carbocycles. The molecule has 0 radical (unpaired) electrons. The minimum absolute atomic E-state index is 0.191. The molecule has 0 bridgehead atoms. The fourth-order valence-corrected chi connectivity index (χ4v) is 2.02. The van der Waals surface area contributed by atoms with Crippen molar-refractivity contribution in [1.29, 1.82) is 0 Å². The maximum Gasteiger partial charge on any atom is 0.164 e. The van der Waals surface area contributed by atoms with E-state index < -0.39 is 0 Å². The van der Waals surface area contributed by atoms with Crippen LogP contribution in [-0.2, 0) is 25.4 Å². The zero-order valence-electron chi connectivity index (χ0n) is 12.1. The lowest BCUT2D eigenvalue weighted by Gasteiger charge is -2.19. The van der Waals surface area contributed by atoms with Gasteiger partial charge in [0.15, 0.2) is 5.82 Å². The monoisotopic (exact) mass is 258 g/mol. The summed E-state index contributed by atoms with van der Waals surface area (Å²) in [6.45, 7) is 7.05. The molecule has 0 saturated carbocycles. The predicted molar refractivity (Wildman–Crippen MR) is 76.8 cm³/mol. The highest BCUT2D eigenvalue weighted by atomic mass is 15.3.